The lowest BCUT2D eigenvalue weighted by Crippen LogP contribution is -2.19. The standard InChI is InChI=1S/C8H12IN3/c1-2-3-10-4-5-12-7-8(9)6-11-12/h2,6-7,10H,1,3-5H2. The van der Waals surface area contributed by atoms with Gasteiger partial charge in [-0.25, -0.2) is 0 Å². The molecule has 0 spiro atoms. The molecule has 0 saturated carbocycles. The summed E-state index contributed by atoms with van der Waals surface area (Å²) in [4.78, 5) is 0. The highest BCUT2D eigenvalue weighted by Crippen LogP contribution is 1.99. The topological polar surface area (TPSA) is 29.9 Å². The lowest BCUT2D eigenvalue weighted by molar-refractivity contribution is 0.573. The van der Waals surface area contributed by atoms with Gasteiger partial charge in [-0.3, -0.25) is 4.68 Å². The quantitative estimate of drug-likeness (QED) is 0.499. The zero-order chi connectivity index (χ0) is 8.81. The Kier molecular flexibility index (Phi) is 4.31. The Labute approximate surface area is 86.0 Å². The molecule has 12 heavy (non-hydrogen) atoms. The van der Waals surface area contributed by atoms with E-state index in [1.165, 1.54) is 3.57 Å². The van der Waals surface area contributed by atoms with E-state index in [2.05, 4.69) is 39.6 Å². The molecule has 1 aromatic heterocycles. The largest absolute Gasteiger partial charge is 0.311 e. The third kappa shape index (κ3) is 3.36. The molecule has 0 atom stereocenters. The van der Waals surface area contributed by atoms with Crippen molar-refractivity contribution in [1.82, 2.24) is 15.1 Å². The molecular formula is C8H12IN3. The van der Waals surface area contributed by atoms with Crippen LogP contribution in [0.2, 0.25) is 0 Å². The zero-order valence-electron chi connectivity index (χ0n) is 6.83. The summed E-state index contributed by atoms with van der Waals surface area (Å²) < 4.78 is 3.11. The molecule has 0 unspecified atom stereocenters. The van der Waals surface area contributed by atoms with E-state index >= 15 is 0 Å². The van der Waals surface area contributed by atoms with Crippen LogP contribution in [0.3, 0.4) is 0 Å². The van der Waals surface area contributed by atoms with Gasteiger partial charge in [-0.2, -0.15) is 5.10 Å². The van der Waals surface area contributed by atoms with Gasteiger partial charge in [0.25, 0.3) is 0 Å². The first-order valence-electron chi connectivity index (χ1n) is 3.82. The minimum absolute atomic E-state index is 0.859. The summed E-state index contributed by atoms with van der Waals surface area (Å²) in [7, 11) is 0. The van der Waals surface area contributed by atoms with Crippen LogP contribution in [0.25, 0.3) is 0 Å². The Morgan fingerprint density at radius 3 is 3.17 bits per heavy atom. The molecule has 4 heteroatoms. The Hall–Kier alpha value is -0.360. The average Bonchev–Trinajstić information content (AvgIpc) is 2.45. The van der Waals surface area contributed by atoms with Gasteiger partial charge in [0.2, 0.25) is 0 Å². The Bertz CT molecular complexity index is 244. The van der Waals surface area contributed by atoms with E-state index in [1.54, 1.807) is 0 Å². The van der Waals surface area contributed by atoms with E-state index in [4.69, 9.17) is 0 Å². The molecule has 1 N–H and O–H groups in total. The van der Waals surface area contributed by atoms with Crippen molar-refractivity contribution in [3.05, 3.63) is 28.6 Å². The lowest BCUT2D eigenvalue weighted by Gasteiger charge is -2.00. The van der Waals surface area contributed by atoms with Crippen molar-refractivity contribution >= 4 is 22.6 Å². The second-order valence-corrected chi connectivity index (χ2v) is 3.66. The predicted octanol–water partition coefficient (Wildman–Crippen LogP) is 1.26. The number of nitrogens with zero attached hydrogens (tertiary/aromatic N) is 2. The summed E-state index contributed by atoms with van der Waals surface area (Å²) in [6.07, 6.45) is 5.73. The number of hydrogen-bond acceptors (Lipinski definition) is 2. The summed E-state index contributed by atoms with van der Waals surface area (Å²) in [5.41, 5.74) is 0. The molecule has 3 nitrogen and oxygen atoms in total. The fraction of sp³-hybridized carbons (Fsp3) is 0.375. The minimum Gasteiger partial charge on any atom is -0.311 e. The maximum Gasteiger partial charge on any atom is 0.0623 e. The van der Waals surface area contributed by atoms with Gasteiger partial charge in [0, 0.05) is 19.3 Å². The molecule has 0 fully saturated rings. The molecule has 0 amide bonds. The van der Waals surface area contributed by atoms with Gasteiger partial charge in [0.1, 0.15) is 0 Å². The van der Waals surface area contributed by atoms with Crippen molar-refractivity contribution in [1.29, 1.82) is 0 Å². The normalized spacial score (nSPS) is 10.1. The first kappa shape index (κ1) is 9.73. The number of nitrogens with one attached hydrogen (secondary N) is 1. The highest BCUT2D eigenvalue weighted by molar-refractivity contribution is 14.1. The fourth-order valence-corrected chi connectivity index (χ4v) is 1.30. The summed E-state index contributed by atoms with van der Waals surface area (Å²) in [6.45, 7) is 6.33. The first-order valence-corrected chi connectivity index (χ1v) is 4.90. The molecule has 66 valence electrons. The smallest absolute Gasteiger partial charge is 0.0623 e. The summed E-state index contributed by atoms with van der Waals surface area (Å²) in [6, 6.07) is 0. The van der Waals surface area contributed by atoms with Crippen molar-refractivity contribution in [2.75, 3.05) is 13.1 Å². The number of hydrogen-bond donors (Lipinski definition) is 1. The number of aromatic nitrogens is 2. The third-order valence-corrected chi connectivity index (χ3v) is 1.97. The molecule has 0 radical (unpaired) electrons. The highest BCUT2D eigenvalue weighted by atomic mass is 127. The molecule has 0 saturated heterocycles. The monoisotopic (exact) mass is 277 g/mol. The third-order valence-electron chi connectivity index (χ3n) is 1.41. The average molecular weight is 277 g/mol. The van der Waals surface area contributed by atoms with Gasteiger partial charge in [-0.15, -0.1) is 6.58 Å². The maximum absolute atomic E-state index is 4.16. The van der Waals surface area contributed by atoms with Crippen molar-refractivity contribution in [3.63, 3.8) is 0 Å². The van der Waals surface area contributed by atoms with Crippen LogP contribution in [0.4, 0.5) is 0 Å². The van der Waals surface area contributed by atoms with E-state index in [0.29, 0.717) is 0 Å². The van der Waals surface area contributed by atoms with Gasteiger partial charge in [0.15, 0.2) is 0 Å². The first-order chi connectivity index (χ1) is 5.83. The maximum atomic E-state index is 4.16. The molecular weight excluding hydrogens is 265 g/mol. The molecule has 1 heterocycles. The van der Waals surface area contributed by atoms with Crippen molar-refractivity contribution < 1.29 is 0 Å². The zero-order valence-corrected chi connectivity index (χ0v) is 8.99. The van der Waals surface area contributed by atoms with Gasteiger partial charge in [-0.05, 0) is 22.6 Å². The van der Waals surface area contributed by atoms with E-state index in [0.717, 1.165) is 19.6 Å². The molecule has 0 aliphatic heterocycles. The van der Waals surface area contributed by atoms with Crippen LogP contribution in [0, 0.1) is 3.57 Å². The summed E-state index contributed by atoms with van der Waals surface area (Å²) >= 11 is 2.25. The lowest BCUT2D eigenvalue weighted by atomic mass is 10.5. The van der Waals surface area contributed by atoms with Crippen LogP contribution in [-0.4, -0.2) is 22.9 Å². The van der Waals surface area contributed by atoms with Crippen molar-refractivity contribution in [3.8, 4) is 0 Å². The van der Waals surface area contributed by atoms with Crippen LogP contribution in [-0.2, 0) is 6.54 Å². The van der Waals surface area contributed by atoms with E-state index in [-0.39, 0.29) is 0 Å². The Morgan fingerprint density at radius 1 is 1.75 bits per heavy atom. The van der Waals surface area contributed by atoms with E-state index in [1.807, 2.05) is 23.2 Å². The van der Waals surface area contributed by atoms with Crippen LogP contribution >= 0.6 is 22.6 Å². The fourth-order valence-electron chi connectivity index (χ4n) is 0.858. The second-order valence-electron chi connectivity index (χ2n) is 2.41. The van der Waals surface area contributed by atoms with Crippen LogP contribution in [0.1, 0.15) is 0 Å². The Morgan fingerprint density at radius 2 is 2.58 bits per heavy atom. The van der Waals surface area contributed by atoms with Crippen molar-refractivity contribution in [2.24, 2.45) is 0 Å². The van der Waals surface area contributed by atoms with Gasteiger partial charge in [-0.1, -0.05) is 6.08 Å². The van der Waals surface area contributed by atoms with E-state index < -0.39 is 0 Å². The Balaban J connectivity index is 2.19. The second kappa shape index (κ2) is 5.31. The van der Waals surface area contributed by atoms with Crippen molar-refractivity contribution in [2.45, 2.75) is 6.54 Å². The summed E-state index contributed by atoms with van der Waals surface area (Å²) in [5.74, 6) is 0. The highest BCUT2D eigenvalue weighted by Gasteiger charge is 1.92. The van der Waals surface area contributed by atoms with Gasteiger partial charge >= 0.3 is 0 Å². The number of halogens is 1. The molecule has 0 aliphatic rings. The van der Waals surface area contributed by atoms with Gasteiger partial charge in [0.05, 0.1) is 16.3 Å². The van der Waals surface area contributed by atoms with Crippen LogP contribution in [0.5, 0.6) is 0 Å². The predicted molar refractivity (Wildman–Crippen MR) is 58.0 cm³/mol. The molecule has 0 bridgehead atoms. The minimum atomic E-state index is 0.859. The van der Waals surface area contributed by atoms with E-state index in [9.17, 15) is 0 Å². The van der Waals surface area contributed by atoms with Gasteiger partial charge < -0.3 is 5.32 Å². The molecule has 1 rings (SSSR count). The summed E-state index contributed by atoms with van der Waals surface area (Å²) in [5, 5.41) is 7.37. The molecule has 0 aromatic carbocycles. The number of rotatable bonds is 5. The SMILES string of the molecule is C=CCNCCn1cc(I)cn1. The van der Waals surface area contributed by atoms with Crippen LogP contribution in [0.15, 0.2) is 25.0 Å². The molecule has 0 aliphatic carbocycles. The van der Waals surface area contributed by atoms with Crippen LogP contribution < -0.4 is 5.32 Å². The molecule has 1 aromatic rings.